The summed E-state index contributed by atoms with van der Waals surface area (Å²) in [6.07, 6.45) is 4.30. The summed E-state index contributed by atoms with van der Waals surface area (Å²) in [5.74, 6) is 1.24. The molecule has 4 rings (SSSR count). The van der Waals surface area contributed by atoms with Gasteiger partial charge in [-0.1, -0.05) is 0 Å². The van der Waals surface area contributed by atoms with Crippen LogP contribution in [0.25, 0.3) is 0 Å². The van der Waals surface area contributed by atoms with Crippen molar-refractivity contribution in [3.63, 3.8) is 0 Å². The number of aliphatic imine (C=N–C) groups is 1. The van der Waals surface area contributed by atoms with Gasteiger partial charge in [0.2, 0.25) is 0 Å². The van der Waals surface area contributed by atoms with Gasteiger partial charge in [0.05, 0.1) is 19.0 Å². The average molecular weight is 375 g/mol. The summed E-state index contributed by atoms with van der Waals surface area (Å²) in [5, 5.41) is 3.46. The van der Waals surface area contributed by atoms with Gasteiger partial charge in [0.1, 0.15) is 0 Å². The highest BCUT2D eigenvalue weighted by Crippen LogP contribution is 2.22. The van der Waals surface area contributed by atoms with Crippen molar-refractivity contribution in [2.24, 2.45) is 4.99 Å². The Labute approximate surface area is 160 Å². The zero-order chi connectivity index (χ0) is 18.6. The molecule has 8 nitrogen and oxygen atoms in total. The smallest absolute Gasteiger partial charge is 0.289 e. The number of carbonyl (C=O) groups is 1. The van der Waals surface area contributed by atoms with Crippen LogP contribution in [0, 0.1) is 0 Å². The number of rotatable bonds is 3. The largest absolute Gasteiger partial charge is 0.459 e. The standard InChI is InChI=1S/C19H29N5O3/c1-20-19(21-12-16-13-24-6-2-4-15(24)14-27-16)23-9-7-22(8-10-23)18(25)17-5-3-11-26-17/h3,5,11,15-16H,2,4,6-10,12-14H2,1H3,(H,20,21). The molecule has 0 saturated carbocycles. The molecule has 3 aliphatic heterocycles. The highest BCUT2D eigenvalue weighted by Gasteiger charge is 2.32. The number of nitrogens with one attached hydrogen (secondary N) is 1. The van der Waals surface area contributed by atoms with Gasteiger partial charge in [-0.3, -0.25) is 14.7 Å². The fourth-order valence-electron chi connectivity index (χ4n) is 4.22. The van der Waals surface area contributed by atoms with Crippen LogP contribution in [0.2, 0.25) is 0 Å². The van der Waals surface area contributed by atoms with Crippen LogP contribution >= 0.6 is 0 Å². The first kappa shape index (κ1) is 18.3. The predicted octanol–water partition coefficient (Wildman–Crippen LogP) is 0.476. The van der Waals surface area contributed by atoms with E-state index in [-0.39, 0.29) is 12.0 Å². The molecular formula is C19H29N5O3. The monoisotopic (exact) mass is 375 g/mol. The van der Waals surface area contributed by atoms with Crippen molar-refractivity contribution in [3.05, 3.63) is 24.2 Å². The van der Waals surface area contributed by atoms with Gasteiger partial charge in [-0.15, -0.1) is 0 Å². The molecule has 2 atom stereocenters. The van der Waals surface area contributed by atoms with Crippen molar-refractivity contribution in [3.8, 4) is 0 Å². The summed E-state index contributed by atoms with van der Waals surface area (Å²) in [6, 6.07) is 4.08. The van der Waals surface area contributed by atoms with Gasteiger partial charge >= 0.3 is 0 Å². The van der Waals surface area contributed by atoms with E-state index in [2.05, 4.69) is 20.1 Å². The van der Waals surface area contributed by atoms with Crippen molar-refractivity contribution in [1.29, 1.82) is 0 Å². The number of amides is 1. The van der Waals surface area contributed by atoms with Gasteiger partial charge < -0.3 is 24.3 Å². The summed E-state index contributed by atoms with van der Waals surface area (Å²) in [4.78, 5) is 23.4. The predicted molar refractivity (Wildman–Crippen MR) is 102 cm³/mol. The Balaban J connectivity index is 1.24. The average Bonchev–Trinajstić information content (AvgIpc) is 3.40. The van der Waals surface area contributed by atoms with Crippen molar-refractivity contribution in [2.45, 2.75) is 25.0 Å². The van der Waals surface area contributed by atoms with Gasteiger partial charge in [-0.25, -0.2) is 0 Å². The Kier molecular flexibility index (Phi) is 5.63. The number of furan rings is 1. The molecule has 0 aliphatic carbocycles. The van der Waals surface area contributed by atoms with Crippen LogP contribution in [-0.4, -0.2) is 98.2 Å². The normalized spacial score (nSPS) is 26.9. The van der Waals surface area contributed by atoms with Crippen LogP contribution in [0.15, 0.2) is 27.8 Å². The number of guanidine groups is 1. The Morgan fingerprint density at radius 3 is 2.81 bits per heavy atom. The highest BCUT2D eigenvalue weighted by atomic mass is 16.5. The lowest BCUT2D eigenvalue weighted by Gasteiger charge is -2.38. The molecular weight excluding hydrogens is 346 g/mol. The van der Waals surface area contributed by atoms with E-state index in [1.165, 1.54) is 25.6 Å². The summed E-state index contributed by atoms with van der Waals surface area (Å²) in [5.41, 5.74) is 0. The summed E-state index contributed by atoms with van der Waals surface area (Å²) in [7, 11) is 1.81. The van der Waals surface area contributed by atoms with Crippen molar-refractivity contribution < 1.29 is 13.9 Å². The third-order valence-corrected chi connectivity index (χ3v) is 5.76. The molecule has 3 aliphatic rings. The number of hydrogen-bond acceptors (Lipinski definition) is 5. The lowest BCUT2D eigenvalue weighted by atomic mass is 10.2. The van der Waals surface area contributed by atoms with E-state index >= 15 is 0 Å². The Morgan fingerprint density at radius 1 is 1.26 bits per heavy atom. The minimum absolute atomic E-state index is 0.0432. The fourth-order valence-corrected chi connectivity index (χ4v) is 4.22. The van der Waals surface area contributed by atoms with Gasteiger partial charge in [-0.05, 0) is 31.5 Å². The number of fused-ring (bicyclic) bond motifs is 1. The molecule has 3 saturated heterocycles. The number of nitrogens with zero attached hydrogens (tertiary/aromatic N) is 4. The molecule has 148 valence electrons. The zero-order valence-corrected chi connectivity index (χ0v) is 16.0. The first-order chi connectivity index (χ1) is 13.2. The second kappa shape index (κ2) is 8.31. The molecule has 0 spiro atoms. The van der Waals surface area contributed by atoms with Crippen molar-refractivity contribution >= 4 is 11.9 Å². The van der Waals surface area contributed by atoms with E-state index in [0.717, 1.165) is 38.7 Å². The molecule has 8 heteroatoms. The van der Waals surface area contributed by atoms with Gasteiger partial charge in [0.15, 0.2) is 11.7 Å². The molecule has 1 aromatic heterocycles. The Bertz CT molecular complexity index is 654. The number of hydrogen-bond donors (Lipinski definition) is 1. The van der Waals surface area contributed by atoms with Gasteiger partial charge in [-0.2, -0.15) is 0 Å². The van der Waals surface area contributed by atoms with E-state index in [9.17, 15) is 4.79 Å². The Hall–Kier alpha value is -2.06. The minimum Gasteiger partial charge on any atom is -0.459 e. The van der Waals surface area contributed by atoms with E-state index in [1.54, 1.807) is 19.2 Å². The van der Waals surface area contributed by atoms with Crippen LogP contribution in [0.1, 0.15) is 23.4 Å². The molecule has 1 N–H and O–H groups in total. The van der Waals surface area contributed by atoms with E-state index in [4.69, 9.17) is 9.15 Å². The molecule has 3 fully saturated rings. The van der Waals surface area contributed by atoms with Crippen molar-refractivity contribution in [2.75, 3.05) is 59.5 Å². The Morgan fingerprint density at radius 2 is 2.07 bits per heavy atom. The second-order valence-electron chi connectivity index (χ2n) is 7.43. The summed E-state index contributed by atoms with van der Waals surface area (Å²) < 4.78 is 11.2. The summed E-state index contributed by atoms with van der Waals surface area (Å²) in [6.45, 7) is 6.65. The summed E-state index contributed by atoms with van der Waals surface area (Å²) >= 11 is 0. The lowest BCUT2D eigenvalue weighted by Crippen LogP contribution is -2.56. The molecule has 0 aromatic carbocycles. The second-order valence-corrected chi connectivity index (χ2v) is 7.43. The molecule has 1 aromatic rings. The van der Waals surface area contributed by atoms with Crippen LogP contribution in [0.4, 0.5) is 0 Å². The van der Waals surface area contributed by atoms with E-state index in [0.29, 0.717) is 24.9 Å². The molecule has 2 unspecified atom stereocenters. The minimum atomic E-state index is -0.0432. The number of carbonyl (C=O) groups excluding carboxylic acids is 1. The number of ether oxygens (including phenoxy) is 1. The third kappa shape index (κ3) is 4.11. The molecule has 4 heterocycles. The molecule has 0 bridgehead atoms. The zero-order valence-electron chi connectivity index (χ0n) is 16.0. The van der Waals surface area contributed by atoms with Crippen molar-refractivity contribution in [1.82, 2.24) is 20.0 Å². The fraction of sp³-hybridized carbons (Fsp3) is 0.684. The molecule has 0 radical (unpaired) electrons. The SMILES string of the molecule is CN=C(NCC1CN2CCCC2CO1)N1CCN(C(=O)c2ccco2)CC1. The number of piperazine rings is 1. The van der Waals surface area contributed by atoms with E-state index < -0.39 is 0 Å². The first-order valence-corrected chi connectivity index (χ1v) is 9.88. The maximum Gasteiger partial charge on any atom is 0.289 e. The lowest BCUT2D eigenvalue weighted by molar-refractivity contribution is -0.0455. The molecule has 27 heavy (non-hydrogen) atoms. The van der Waals surface area contributed by atoms with Crippen LogP contribution in [0.5, 0.6) is 0 Å². The quantitative estimate of drug-likeness (QED) is 0.612. The maximum absolute atomic E-state index is 12.4. The third-order valence-electron chi connectivity index (χ3n) is 5.76. The topological polar surface area (TPSA) is 73.6 Å². The van der Waals surface area contributed by atoms with E-state index in [1.807, 2.05) is 4.90 Å². The maximum atomic E-state index is 12.4. The highest BCUT2D eigenvalue weighted by molar-refractivity contribution is 5.91. The van der Waals surface area contributed by atoms with Crippen LogP contribution in [-0.2, 0) is 4.74 Å². The number of morpholine rings is 1. The van der Waals surface area contributed by atoms with Crippen LogP contribution in [0.3, 0.4) is 0 Å². The molecule has 1 amide bonds. The van der Waals surface area contributed by atoms with Crippen LogP contribution < -0.4 is 5.32 Å². The van der Waals surface area contributed by atoms with Gasteiger partial charge in [0.25, 0.3) is 5.91 Å². The first-order valence-electron chi connectivity index (χ1n) is 9.88. The van der Waals surface area contributed by atoms with Gasteiger partial charge in [0, 0.05) is 52.4 Å².